The third-order valence-electron chi connectivity index (χ3n) is 11.7. The lowest BCUT2D eigenvalue weighted by molar-refractivity contribution is -0.338. The van der Waals surface area contributed by atoms with Gasteiger partial charge in [0.15, 0.2) is 6.29 Å². The standard InChI is InChI=1S/C50H58O8/c1-35-36(2)46(54-31-40-23-13-6-14-24-40)50(57-43(35)34-52-29-38-19-9-4-10-20-38)58-47-44(51)37(3)45(53-30-39-21-11-5-12-22-39)48(55-32-41-25-15-7-16-26-41)49(47)56-33-42-27-17-8-18-28-42/h4-28,35-37,43-51H,29-34H2,1-3H3/t35-,36+,37?,43?,44+,45?,46?,47-,48-,49?,50+/m1/s1. The summed E-state index contributed by atoms with van der Waals surface area (Å²) in [6, 6.07) is 50.4. The number of benzene rings is 5. The Hall–Kier alpha value is -4.22. The quantitative estimate of drug-likeness (QED) is 0.0944. The van der Waals surface area contributed by atoms with Crippen LogP contribution >= 0.6 is 0 Å². The van der Waals surface area contributed by atoms with Crippen LogP contribution < -0.4 is 0 Å². The topological polar surface area (TPSA) is 84.8 Å². The molecule has 306 valence electrons. The minimum Gasteiger partial charge on any atom is -0.390 e. The van der Waals surface area contributed by atoms with Gasteiger partial charge in [0.2, 0.25) is 0 Å². The predicted molar refractivity (Wildman–Crippen MR) is 223 cm³/mol. The summed E-state index contributed by atoms with van der Waals surface area (Å²) in [7, 11) is 0. The van der Waals surface area contributed by atoms with Gasteiger partial charge in [-0.3, -0.25) is 0 Å². The van der Waals surface area contributed by atoms with Crippen LogP contribution in [0.5, 0.6) is 0 Å². The van der Waals surface area contributed by atoms with Crippen molar-refractivity contribution >= 4 is 0 Å². The first-order valence-corrected chi connectivity index (χ1v) is 20.7. The van der Waals surface area contributed by atoms with Crippen molar-refractivity contribution < 1.29 is 38.3 Å². The highest BCUT2D eigenvalue weighted by atomic mass is 16.7. The molecule has 11 atom stereocenters. The number of aliphatic hydroxyl groups excluding tert-OH is 1. The van der Waals surface area contributed by atoms with E-state index in [9.17, 15) is 5.11 Å². The van der Waals surface area contributed by atoms with Crippen LogP contribution in [-0.4, -0.2) is 60.7 Å². The fourth-order valence-electron chi connectivity index (χ4n) is 8.02. The molecule has 5 aromatic carbocycles. The molecule has 5 unspecified atom stereocenters. The Kier molecular flexibility index (Phi) is 15.3. The minimum atomic E-state index is -0.987. The van der Waals surface area contributed by atoms with Gasteiger partial charge >= 0.3 is 0 Å². The van der Waals surface area contributed by atoms with Crippen molar-refractivity contribution in [2.24, 2.45) is 17.8 Å². The van der Waals surface area contributed by atoms with E-state index >= 15 is 0 Å². The first-order valence-electron chi connectivity index (χ1n) is 20.7. The maximum Gasteiger partial charge on any atom is 0.185 e. The molecule has 2 aliphatic rings. The second kappa shape index (κ2) is 21.2. The summed E-state index contributed by atoms with van der Waals surface area (Å²) in [5, 5.41) is 12.4. The molecular formula is C50H58O8. The summed E-state index contributed by atoms with van der Waals surface area (Å²) < 4.78 is 47.4. The maximum atomic E-state index is 12.4. The van der Waals surface area contributed by atoms with Crippen molar-refractivity contribution in [1.29, 1.82) is 0 Å². The highest BCUT2D eigenvalue weighted by Crippen LogP contribution is 2.40. The van der Waals surface area contributed by atoms with Gasteiger partial charge in [-0.25, -0.2) is 0 Å². The molecule has 1 saturated carbocycles. The van der Waals surface area contributed by atoms with E-state index in [0.717, 1.165) is 27.8 Å². The molecule has 0 aromatic heterocycles. The Morgan fingerprint density at radius 3 is 1.21 bits per heavy atom. The second-order valence-corrected chi connectivity index (χ2v) is 15.8. The molecule has 8 heteroatoms. The molecule has 1 N–H and O–H groups in total. The number of hydrogen-bond acceptors (Lipinski definition) is 8. The van der Waals surface area contributed by atoms with Gasteiger partial charge in [-0.05, 0) is 39.7 Å². The molecule has 5 aromatic rings. The van der Waals surface area contributed by atoms with E-state index in [2.05, 4.69) is 38.1 Å². The summed E-state index contributed by atoms with van der Waals surface area (Å²) in [6.07, 6.45) is -5.28. The van der Waals surface area contributed by atoms with Gasteiger partial charge in [0.05, 0.1) is 58.0 Å². The van der Waals surface area contributed by atoms with Crippen LogP contribution in [0.2, 0.25) is 0 Å². The zero-order valence-corrected chi connectivity index (χ0v) is 33.8. The lowest BCUT2D eigenvalue weighted by atomic mass is 9.78. The van der Waals surface area contributed by atoms with E-state index in [1.807, 2.05) is 134 Å². The third kappa shape index (κ3) is 11.1. The maximum absolute atomic E-state index is 12.4. The largest absolute Gasteiger partial charge is 0.390 e. The van der Waals surface area contributed by atoms with Gasteiger partial charge in [-0.1, -0.05) is 172 Å². The van der Waals surface area contributed by atoms with Crippen molar-refractivity contribution in [1.82, 2.24) is 0 Å². The Bertz CT molecular complexity index is 1880. The Morgan fingerprint density at radius 1 is 0.414 bits per heavy atom. The number of ether oxygens (including phenoxy) is 7. The Balaban J connectivity index is 1.19. The lowest BCUT2D eigenvalue weighted by Gasteiger charge is -2.51. The van der Waals surface area contributed by atoms with Crippen LogP contribution in [0, 0.1) is 17.8 Å². The van der Waals surface area contributed by atoms with Crippen LogP contribution in [0.25, 0.3) is 0 Å². The van der Waals surface area contributed by atoms with Gasteiger partial charge < -0.3 is 38.3 Å². The highest BCUT2D eigenvalue weighted by molar-refractivity contribution is 5.17. The molecule has 0 spiro atoms. The summed E-state index contributed by atoms with van der Waals surface area (Å²) in [4.78, 5) is 0. The average Bonchev–Trinajstić information content (AvgIpc) is 3.27. The van der Waals surface area contributed by atoms with Gasteiger partial charge in [0, 0.05) is 5.92 Å². The molecule has 0 radical (unpaired) electrons. The molecule has 1 saturated heterocycles. The molecule has 8 nitrogen and oxygen atoms in total. The van der Waals surface area contributed by atoms with Crippen molar-refractivity contribution in [3.05, 3.63) is 179 Å². The van der Waals surface area contributed by atoms with Crippen molar-refractivity contribution in [2.45, 2.75) is 103 Å². The van der Waals surface area contributed by atoms with Gasteiger partial charge in [0.1, 0.15) is 24.4 Å². The summed E-state index contributed by atoms with van der Waals surface area (Å²) >= 11 is 0. The minimum absolute atomic E-state index is 0.0294. The van der Waals surface area contributed by atoms with Crippen LogP contribution in [-0.2, 0) is 66.2 Å². The molecule has 0 amide bonds. The van der Waals surface area contributed by atoms with Gasteiger partial charge in [-0.2, -0.15) is 0 Å². The van der Waals surface area contributed by atoms with Gasteiger partial charge in [-0.15, -0.1) is 0 Å². The van der Waals surface area contributed by atoms with Crippen molar-refractivity contribution in [3.63, 3.8) is 0 Å². The fourth-order valence-corrected chi connectivity index (χ4v) is 8.02. The Morgan fingerprint density at radius 2 is 0.776 bits per heavy atom. The SMILES string of the molecule is CC1C(OCc2ccccc2)[C@@H](OCc2ccccc2)C(OCc2ccccc2)[C@H](O[C@@H]2OC(COCc3ccccc3)[C@H](C)[C@H](C)C2OCc2ccccc2)[C@H]1O. The van der Waals surface area contributed by atoms with Crippen molar-refractivity contribution in [2.75, 3.05) is 6.61 Å². The van der Waals surface area contributed by atoms with E-state index < -0.39 is 42.9 Å². The highest BCUT2D eigenvalue weighted by Gasteiger charge is 2.54. The number of hydrogen-bond donors (Lipinski definition) is 1. The average molecular weight is 787 g/mol. The van der Waals surface area contributed by atoms with Crippen LogP contribution in [0.1, 0.15) is 48.6 Å². The smallest absolute Gasteiger partial charge is 0.185 e. The monoisotopic (exact) mass is 786 g/mol. The van der Waals surface area contributed by atoms with E-state index in [4.69, 9.17) is 33.2 Å². The molecular weight excluding hydrogens is 729 g/mol. The van der Waals surface area contributed by atoms with E-state index in [1.165, 1.54) is 0 Å². The second-order valence-electron chi connectivity index (χ2n) is 15.8. The number of rotatable bonds is 18. The number of aliphatic hydroxyl groups is 1. The zero-order valence-electron chi connectivity index (χ0n) is 33.8. The van der Waals surface area contributed by atoms with Crippen LogP contribution in [0.4, 0.5) is 0 Å². The van der Waals surface area contributed by atoms with Gasteiger partial charge in [0.25, 0.3) is 0 Å². The lowest BCUT2D eigenvalue weighted by Crippen LogP contribution is -2.65. The zero-order chi connectivity index (χ0) is 40.1. The summed E-state index contributed by atoms with van der Waals surface area (Å²) in [5.41, 5.74) is 5.20. The molecule has 7 rings (SSSR count). The molecule has 1 heterocycles. The molecule has 58 heavy (non-hydrogen) atoms. The first-order chi connectivity index (χ1) is 28.4. The molecule has 2 fully saturated rings. The molecule has 1 aliphatic heterocycles. The third-order valence-corrected chi connectivity index (χ3v) is 11.7. The Labute approximate surface area is 344 Å². The normalized spacial score (nSPS) is 28.6. The van der Waals surface area contributed by atoms with E-state index in [0.29, 0.717) is 33.0 Å². The van der Waals surface area contributed by atoms with Crippen molar-refractivity contribution in [3.8, 4) is 0 Å². The van der Waals surface area contributed by atoms with Crippen LogP contribution in [0.15, 0.2) is 152 Å². The van der Waals surface area contributed by atoms with E-state index in [1.54, 1.807) is 0 Å². The predicted octanol–water partition coefficient (Wildman–Crippen LogP) is 8.94. The van der Waals surface area contributed by atoms with E-state index in [-0.39, 0.29) is 30.5 Å². The molecule has 1 aliphatic carbocycles. The fraction of sp³-hybridized carbons (Fsp3) is 0.400. The summed E-state index contributed by atoms with van der Waals surface area (Å²) in [6.45, 7) is 8.57. The molecule has 0 bridgehead atoms. The first kappa shape index (κ1) is 41.9. The summed E-state index contributed by atoms with van der Waals surface area (Å²) in [5.74, 6) is -0.268. The van der Waals surface area contributed by atoms with Crippen LogP contribution in [0.3, 0.4) is 0 Å².